The van der Waals surface area contributed by atoms with E-state index in [0.29, 0.717) is 0 Å². The molecule has 1 heterocycles. The Bertz CT molecular complexity index is 442. The highest BCUT2D eigenvalue weighted by atomic mass is 127. The van der Waals surface area contributed by atoms with E-state index in [1.807, 2.05) is 36.5 Å². The Morgan fingerprint density at radius 2 is 2.00 bits per heavy atom. The van der Waals surface area contributed by atoms with Gasteiger partial charge >= 0.3 is 0 Å². The van der Waals surface area contributed by atoms with Crippen LogP contribution in [0.3, 0.4) is 0 Å². The summed E-state index contributed by atoms with van der Waals surface area (Å²) < 4.78 is 1.07. The molecule has 0 atom stereocenters. The third kappa shape index (κ3) is 2.07. The summed E-state index contributed by atoms with van der Waals surface area (Å²) in [4.78, 5) is 4.07. The van der Waals surface area contributed by atoms with E-state index in [2.05, 4.69) is 27.6 Å². The topological polar surface area (TPSA) is 12.9 Å². The maximum absolute atomic E-state index is 6.04. The summed E-state index contributed by atoms with van der Waals surface area (Å²) in [5.74, 6) is 0. The summed E-state index contributed by atoms with van der Waals surface area (Å²) in [7, 11) is 0. The first kappa shape index (κ1) is 9.93. The average Bonchev–Trinajstić information content (AvgIpc) is 2.23. The fraction of sp³-hybridized carbons (Fsp3) is 0. The standard InChI is InChI=1S/C11H7ClIN/c12-10-6-8(3-4-11(10)13)9-2-1-5-14-7-9/h1-7H. The first-order valence-electron chi connectivity index (χ1n) is 4.13. The summed E-state index contributed by atoms with van der Waals surface area (Å²) in [6.07, 6.45) is 3.59. The molecule has 14 heavy (non-hydrogen) atoms. The zero-order chi connectivity index (χ0) is 9.97. The van der Waals surface area contributed by atoms with E-state index >= 15 is 0 Å². The highest BCUT2D eigenvalue weighted by Crippen LogP contribution is 2.25. The van der Waals surface area contributed by atoms with Crippen molar-refractivity contribution >= 4 is 34.2 Å². The SMILES string of the molecule is Clc1cc(-c2cccnc2)ccc1I. The van der Waals surface area contributed by atoms with Gasteiger partial charge in [-0.3, -0.25) is 4.98 Å². The van der Waals surface area contributed by atoms with Crippen LogP contribution in [0.1, 0.15) is 0 Å². The van der Waals surface area contributed by atoms with Crippen LogP contribution in [0.4, 0.5) is 0 Å². The summed E-state index contributed by atoms with van der Waals surface area (Å²) >= 11 is 8.25. The fourth-order valence-corrected chi connectivity index (χ4v) is 1.73. The molecular weight excluding hydrogens is 308 g/mol. The Morgan fingerprint density at radius 3 is 2.64 bits per heavy atom. The molecule has 0 radical (unpaired) electrons. The Kier molecular flexibility index (Phi) is 3.03. The lowest BCUT2D eigenvalue weighted by Gasteiger charge is -2.02. The number of hydrogen-bond acceptors (Lipinski definition) is 1. The largest absolute Gasteiger partial charge is 0.264 e. The van der Waals surface area contributed by atoms with E-state index < -0.39 is 0 Å². The van der Waals surface area contributed by atoms with Crippen LogP contribution in [0.2, 0.25) is 5.02 Å². The van der Waals surface area contributed by atoms with Crippen molar-refractivity contribution in [2.75, 3.05) is 0 Å². The van der Waals surface area contributed by atoms with E-state index in [4.69, 9.17) is 11.6 Å². The van der Waals surface area contributed by atoms with Gasteiger partial charge in [-0.25, -0.2) is 0 Å². The lowest BCUT2D eigenvalue weighted by Crippen LogP contribution is -1.80. The number of hydrogen-bond donors (Lipinski definition) is 0. The molecule has 0 amide bonds. The molecule has 0 aliphatic rings. The van der Waals surface area contributed by atoms with Crippen molar-refractivity contribution < 1.29 is 0 Å². The van der Waals surface area contributed by atoms with Crippen molar-refractivity contribution in [1.82, 2.24) is 4.98 Å². The van der Waals surface area contributed by atoms with Gasteiger partial charge in [0.15, 0.2) is 0 Å². The van der Waals surface area contributed by atoms with Gasteiger partial charge in [-0.2, -0.15) is 0 Å². The smallest absolute Gasteiger partial charge is 0.0545 e. The van der Waals surface area contributed by atoms with Crippen molar-refractivity contribution in [2.45, 2.75) is 0 Å². The molecule has 0 spiro atoms. The van der Waals surface area contributed by atoms with Crippen molar-refractivity contribution in [1.29, 1.82) is 0 Å². The summed E-state index contributed by atoms with van der Waals surface area (Å²) in [5, 5.41) is 0.784. The van der Waals surface area contributed by atoms with E-state index in [-0.39, 0.29) is 0 Å². The number of pyridine rings is 1. The summed E-state index contributed by atoms with van der Waals surface area (Å²) in [6, 6.07) is 9.95. The summed E-state index contributed by atoms with van der Waals surface area (Å²) in [6.45, 7) is 0. The first-order chi connectivity index (χ1) is 6.77. The first-order valence-corrected chi connectivity index (χ1v) is 5.58. The van der Waals surface area contributed by atoms with Crippen molar-refractivity contribution in [3.05, 3.63) is 51.3 Å². The van der Waals surface area contributed by atoms with Crippen LogP contribution in [0, 0.1) is 3.57 Å². The van der Waals surface area contributed by atoms with Crippen molar-refractivity contribution in [3.63, 3.8) is 0 Å². The highest BCUT2D eigenvalue weighted by molar-refractivity contribution is 14.1. The molecular formula is C11H7ClIN. The van der Waals surface area contributed by atoms with Crippen LogP contribution >= 0.6 is 34.2 Å². The predicted molar refractivity (Wildman–Crippen MR) is 67.4 cm³/mol. The number of aromatic nitrogens is 1. The van der Waals surface area contributed by atoms with E-state index in [9.17, 15) is 0 Å². The van der Waals surface area contributed by atoms with Gasteiger partial charge in [-0.05, 0) is 46.4 Å². The highest BCUT2D eigenvalue weighted by Gasteiger charge is 2.00. The molecule has 0 saturated heterocycles. The third-order valence-corrected chi connectivity index (χ3v) is 3.49. The molecule has 3 heteroatoms. The number of nitrogens with zero attached hydrogens (tertiary/aromatic N) is 1. The number of benzene rings is 1. The molecule has 0 aliphatic carbocycles. The van der Waals surface area contributed by atoms with E-state index in [1.165, 1.54) is 0 Å². The van der Waals surface area contributed by atoms with E-state index in [1.54, 1.807) is 6.20 Å². The second kappa shape index (κ2) is 4.28. The third-order valence-electron chi connectivity index (χ3n) is 1.91. The Labute approximate surface area is 101 Å². The quantitative estimate of drug-likeness (QED) is 0.725. The maximum atomic E-state index is 6.04. The molecule has 0 aliphatic heterocycles. The van der Waals surface area contributed by atoms with Gasteiger partial charge in [-0.1, -0.05) is 23.7 Å². The molecule has 0 saturated carbocycles. The second-order valence-corrected chi connectivity index (χ2v) is 4.44. The van der Waals surface area contributed by atoms with Gasteiger partial charge in [0, 0.05) is 21.5 Å². The van der Waals surface area contributed by atoms with Gasteiger partial charge in [0.05, 0.1) is 5.02 Å². The van der Waals surface area contributed by atoms with Crippen LogP contribution in [0.15, 0.2) is 42.7 Å². The zero-order valence-corrected chi connectivity index (χ0v) is 10.2. The molecule has 0 N–H and O–H groups in total. The van der Waals surface area contributed by atoms with Crippen LogP contribution in [0.25, 0.3) is 11.1 Å². The molecule has 0 bridgehead atoms. The van der Waals surface area contributed by atoms with Crippen LogP contribution in [0.5, 0.6) is 0 Å². The molecule has 1 aromatic heterocycles. The van der Waals surface area contributed by atoms with Gasteiger partial charge in [0.1, 0.15) is 0 Å². The summed E-state index contributed by atoms with van der Waals surface area (Å²) in [5.41, 5.74) is 2.19. The molecule has 1 nitrogen and oxygen atoms in total. The minimum Gasteiger partial charge on any atom is -0.264 e. The number of rotatable bonds is 1. The predicted octanol–water partition coefficient (Wildman–Crippen LogP) is 4.01. The Balaban J connectivity index is 2.48. The minimum atomic E-state index is 0.784. The van der Waals surface area contributed by atoms with Gasteiger partial charge in [0.25, 0.3) is 0 Å². The van der Waals surface area contributed by atoms with Gasteiger partial charge in [-0.15, -0.1) is 0 Å². The van der Waals surface area contributed by atoms with Gasteiger partial charge in [0.2, 0.25) is 0 Å². The Hall–Kier alpha value is -0.610. The van der Waals surface area contributed by atoms with Gasteiger partial charge < -0.3 is 0 Å². The monoisotopic (exact) mass is 315 g/mol. The van der Waals surface area contributed by atoms with Crippen LogP contribution in [-0.2, 0) is 0 Å². The molecule has 2 aromatic rings. The van der Waals surface area contributed by atoms with Crippen LogP contribution < -0.4 is 0 Å². The minimum absolute atomic E-state index is 0.784. The second-order valence-electron chi connectivity index (χ2n) is 2.87. The maximum Gasteiger partial charge on any atom is 0.0545 e. The van der Waals surface area contributed by atoms with E-state index in [0.717, 1.165) is 19.7 Å². The Morgan fingerprint density at radius 1 is 1.14 bits per heavy atom. The molecule has 0 unspecified atom stereocenters. The average molecular weight is 316 g/mol. The molecule has 0 fully saturated rings. The van der Waals surface area contributed by atoms with Crippen molar-refractivity contribution in [3.8, 4) is 11.1 Å². The number of halogens is 2. The fourth-order valence-electron chi connectivity index (χ4n) is 1.21. The lowest BCUT2D eigenvalue weighted by molar-refractivity contribution is 1.33. The molecule has 70 valence electrons. The lowest BCUT2D eigenvalue weighted by atomic mass is 10.1. The molecule has 1 aromatic carbocycles. The molecule has 2 rings (SSSR count). The van der Waals surface area contributed by atoms with Crippen molar-refractivity contribution in [2.24, 2.45) is 0 Å². The zero-order valence-electron chi connectivity index (χ0n) is 7.24. The normalized spacial score (nSPS) is 10.1. The van der Waals surface area contributed by atoms with Crippen LogP contribution in [-0.4, -0.2) is 4.98 Å².